The first-order chi connectivity index (χ1) is 12.7. The third-order valence-electron chi connectivity index (χ3n) is 5.10. The van der Waals surface area contributed by atoms with Crippen molar-refractivity contribution in [1.82, 2.24) is 4.98 Å². The van der Waals surface area contributed by atoms with Crippen LogP contribution < -0.4 is 4.74 Å². The van der Waals surface area contributed by atoms with Crippen molar-refractivity contribution >= 4 is 0 Å². The van der Waals surface area contributed by atoms with Gasteiger partial charge in [-0.15, -0.1) is 0 Å². The van der Waals surface area contributed by atoms with Crippen LogP contribution in [0.1, 0.15) is 71.3 Å². The van der Waals surface area contributed by atoms with Crippen LogP contribution in [0, 0.1) is 5.92 Å². The summed E-state index contributed by atoms with van der Waals surface area (Å²) >= 11 is 0. The zero-order valence-electron chi connectivity index (χ0n) is 16.8. The van der Waals surface area contributed by atoms with E-state index in [0.717, 1.165) is 42.4 Å². The monoisotopic (exact) mass is 353 g/mol. The number of aromatic nitrogens is 1. The molecule has 0 spiro atoms. The molecule has 1 unspecified atom stereocenters. The molecule has 0 radical (unpaired) electrons. The van der Waals surface area contributed by atoms with Crippen LogP contribution in [0.4, 0.5) is 0 Å². The summed E-state index contributed by atoms with van der Waals surface area (Å²) in [6.45, 7) is 7.64. The molecular weight excluding hydrogens is 318 g/mol. The van der Waals surface area contributed by atoms with Gasteiger partial charge in [0.05, 0.1) is 12.3 Å². The number of hydrogen-bond acceptors (Lipinski definition) is 2. The Morgan fingerprint density at radius 2 is 1.73 bits per heavy atom. The Morgan fingerprint density at radius 3 is 2.38 bits per heavy atom. The Labute approximate surface area is 160 Å². The van der Waals surface area contributed by atoms with Crippen LogP contribution in [0.2, 0.25) is 0 Å². The van der Waals surface area contributed by atoms with Gasteiger partial charge in [-0.3, -0.25) is 4.98 Å². The molecule has 0 bridgehead atoms. The molecule has 0 aliphatic carbocycles. The van der Waals surface area contributed by atoms with Crippen LogP contribution in [0.25, 0.3) is 11.3 Å². The number of hydrogen-bond donors (Lipinski definition) is 0. The van der Waals surface area contributed by atoms with Crippen LogP contribution in [0.3, 0.4) is 0 Å². The van der Waals surface area contributed by atoms with E-state index in [2.05, 4.69) is 62.2 Å². The summed E-state index contributed by atoms with van der Waals surface area (Å²) in [5, 5.41) is 0. The minimum Gasteiger partial charge on any atom is -0.494 e. The van der Waals surface area contributed by atoms with Gasteiger partial charge in [0.1, 0.15) is 5.75 Å². The lowest BCUT2D eigenvalue weighted by Crippen LogP contribution is -1.98. The molecule has 0 amide bonds. The molecule has 1 aromatic carbocycles. The van der Waals surface area contributed by atoms with Crippen LogP contribution in [-0.4, -0.2) is 11.6 Å². The Balaban J connectivity index is 1.74. The fourth-order valence-corrected chi connectivity index (χ4v) is 3.01. The lowest BCUT2D eigenvalue weighted by Gasteiger charge is -2.09. The van der Waals surface area contributed by atoms with Crippen LogP contribution in [-0.2, 0) is 6.42 Å². The second kappa shape index (κ2) is 11.7. The van der Waals surface area contributed by atoms with Crippen LogP contribution in [0.15, 0.2) is 42.6 Å². The molecule has 1 heterocycles. The van der Waals surface area contributed by atoms with Gasteiger partial charge in [-0.1, -0.05) is 58.9 Å². The van der Waals surface area contributed by atoms with E-state index in [1.807, 2.05) is 6.20 Å². The van der Waals surface area contributed by atoms with Gasteiger partial charge in [-0.05, 0) is 61.1 Å². The molecule has 0 fully saturated rings. The smallest absolute Gasteiger partial charge is 0.119 e. The number of aryl methyl sites for hydroxylation is 1. The SMILES string of the molecule is CCCCc1ccc(-c2ccc(OCCCCCC(C)CC)cc2)nc1. The highest BCUT2D eigenvalue weighted by Crippen LogP contribution is 2.21. The second-order valence-corrected chi connectivity index (χ2v) is 7.39. The van der Waals surface area contributed by atoms with Gasteiger partial charge in [-0.2, -0.15) is 0 Å². The van der Waals surface area contributed by atoms with Crippen molar-refractivity contribution in [1.29, 1.82) is 0 Å². The van der Waals surface area contributed by atoms with E-state index >= 15 is 0 Å². The van der Waals surface area contributed by atoms with E-state index in [-0.39, 0.29) is 0 Å². The van der Waals surface area contributed by atoms with E-state index in [1.165, 1.54) is 44.1 Å². The lowest BCUT2D eigenvalue weighted by atomic mass is 10.0. The molecule has 2 aromatic rings. The average molecular weight is 354 g/mol. The molecule has 0 saturated carbocycles. The molecular formula is C24H35NO. The molecule has 26 heavy (non-hydrogen) atoms. The van der Waals surface area contributed by atoms with Crippen molar-refractivity contribution in [2.75, 3.05) is 6.61 Å². The third-order valence-corrected chi connectivity index (χ3v) is 5.10. The number of nitrogens with zero attached hydrogens (tertiary/aromatic N) is 1. The molecule has 2 nitrogen and oxygen atoms in total. The minimum absolute atomic E-state index is 0.810. The maximum absolute atomic E-state index is 5.87. The fraction of sp³-hybridized carbons (Fsp3) is 0.542. The Kier molecular flexibility index (Phi) is 9.23. The maximum atomic E-state index is 5.87. The highest BCUT2D eigenvalue weighted by molar-refractivity contribution is 5.60. The Morgan fingerprint density at radius 1 is 0.923 bits per heavy atom. The molecule has 1 aromatic heterocycles. The van der Waals surface area contributed by atoms with Gasteiger partial charge in [0.25, 0.3) is 0 Å². The lowest BCUT2D eigenvalue weighted by molar-refractivity contribution is 0.302. The molecule has 0 saturated heterocycles. The Bertz CT molecular complexity index is 603. The summed E-state index contributed by atoms with van der Waals surface area (Å²) in [6, 6.07) is 12.6. The summed E-state index contributed by atoms with van der Waals surface area (Å²) < 4.78 is 5.87. The first-order valence-electron chi connectivity index (χ1n) is 10.4. The van der Waals surface area contributed by atoms with Crippen molar-refractivity contribution in [3.63, 3.8) is 0 Å². The Hall–Kier alpha value is -1.83. The van der Waals surface area contributed by atoms with Gasteiger partial charge in [0.2, 0.25) is 0 Å². The van der Waals surface area contributed by atoms with Gasteiger partial charge in [0.15, 0.2) is 0 Å². The molecule has 0 aliphatic rings. The molecule has 2 rings (SSSR count). The summed E-state index contributed by atoms with van der Waals surface area (Å²) in [7, 11) is 0. The molecule has 0 N–H and O–H groups in total. The number of benzene rings is 1. The quantitative estimate of drug-likeness (QED) is 0.380. The largest absolute Gasteiger partial charge is 0.494 e. The average Bonchev–Trinajstić information content (AvgIpc) is 2.69. The van der Waals surface area contributed by atoms with Crippen molar-refractivity contribution in [2.45, 2.75) is 72.1 Å². The fourth-order valence-electron chi connectivity index (χ4n) is 3.01. The minimum atomic E-state index is 0.810. The second-order valence-electron chi connectivity index (χ2n) is 7.39. The third kappa shape index (κ3) is 7.19. The van der Waals surface area contributed by atoms with Crippen molar-refractivity contribution in [3.05, 3.63) is 48.2 Å². The van der Waals surface area contributed by atoms with Gasteiger partial charge in [-0.25, -0.2) is 0 Å². The van der Waals surface area contributed by atoms with Gasteiger partial charge < -0.3 is 4.74 Å². The van der Waals surface area contributed by atoms with Crippen LogP contribution in [0.5, 0.6) is 5.75 Å². The van der Waals surface area contributed by atoms with E-state index in [9.17, 15) is 0 Å². The van der Waals surface area contributed by atoms with Gasteiger partial charge in [0, 0.05) is 11.8 Å². The first-order valence-corrected chi connectivity index (χ1v) is 10.4. The summed E-state index contributed by atoms with van der Waals surface area (Å²) in [6.07, 6.45) is 11.9. The zero-order chi connectivity index (χ0) is 18.6. The molecule has 1 atom stereocenters. The molecule has 0 aliphatic heterocycles. The number of unbranched alkanes of at least 4 members (excludes halogenated alkanes) is 3. The molecule has 142 valence electrons. The van der Waals surface area contributed by atoms with Crippen LogP contribution >= 0.6 is 0 Å². The summed E-state index contributed by atoms with van der Waals surface area (Å²) in [4.78, 5) is 4.61. The zero-order valence-corrected chi connectivity index (χ0v) is 16.8. The standard InChI is InChI=1S/C24H35NO/c1-4-6-11-21-12-17-24(25-19-21)22-13-15-23(16-14-22)26-18-9-7-8-10-20(3)5-2/h12-17,19-20H,4-11,18H2,1-3H3. The van der Waals surface area contributed by atoms with E-state index in [4.69, 9.17) is 4.74 Å². The van der Waals surface area contributed by atoms with Gasteiger partial charge >= 0.3 is 0 Å². The number of rotatable bonds is 12. The predicted molar refractivity (Wildman–Crippen MR) is 112 cm³/mol. The van der Waals surface area contributed by atoms with E-state index in [0.29, 0.717) is 0 Å². The number of pyridine rings is 1. The molecule has 2 heteroatoms. The number of ether oxygens (including phenoxy) is 1. The highest BCUT2D eigenvalue weighted by Gasteiger charge is 2.02. The van der Waals surface area contributed by atoms with E-state index < -0.39 is 0 Å². The normalized spacial score (nSPS) is 12.1. The van der Waals surface area contributed by atoms with Crippen molar-refractivity contribution in [3.8, 4) is 17.0 Å². The first kappa shape index (κ1) is 20.5. The highest BCUT2D eigenvalue weighted by atomic mass is 16.5. The predicted octanol–water partition coefficient (Wildman–Crippen LogP) is 7.08. The summed E-state index contributed by atoms with van der Waals surface area (Å²) in [5.74, 6) is 1.81. The van der Waals surface area contributed by atoms with Crippen molar-refractivity contribution in [2.24, 2.45) is 5.92 Å². The topological polar surface area (TPSA) is 22.1 Å². The van der Waals surface area contributed by atoms with E-state index in [1.54, 1.807) is 0 Å². The summed E-state index contributed by atoms with van der Waals surface area (Å²) in [5.41, 5.74) is 3.50. The van der Waals surface area contributed by atoms with Crippen molar-refractivity contribution < 1.29 is 4.74 Å². The maximum Gasteiger partial charge on any atom is 0.119 e.